The molecule has 5 heteroatoms. The average Bonchev–Trinajstić information content (AvgIpc) is 3.06. The first-order chi connectivity index (χ1) is 8.41. The zero-order valence-corrected chi connectivity index (χ0v) is 11.6. The standard InChI is InChI=1S/C13H17NO3S/c1-7-6-11(18-9(7)3)12(15)14(10-4-5-10)8(2)13(16)17/h6,8,10H,4-5H2,1-3H3,(H,16,17). The number of carbonyl (C=O) groups is 2. The van der Waals surface area contributed by atoms with Gasteiger partial charge in [0, 0.05) is 10.9 Å². The van der Waals surface area contributed by atoms with Gasteiger partial charge in [0.25, 0.3) is 5.91 Å². The Morgan fingerprint density at radius 3 is 2.44 bits per heavy atom. The van der Waals surface area contributed by atoms with Crippen LogP contribution in [0.4, 0.5) is 0 Å². The molecule has 2 rings (SSSR count). The molecule has 1 aromatic heterocycles. The smallest absolute Gasteiger partial charge is 0.326 e. The van der Waals surface area contributed by atoms with Crippen molar-refractivity contribution in [3.8, 4) is 0 Å². The summed E-state index contributed by atoms with van der Waals surface area (Å²) in [6.45, 7) is 5.51. The molecule has 1 fully saturated rings. The minimum absolute atomic E-state index is 0.103. The molecule has 0 radical (unpaired) electrons. The molecule has 0 aromatic carbocycles. The molecule has 1 aromatic rings. The Morgan fingerprint density at radius 2 is 2.06 bits per heavy atom. The molecule has 0 spiro atoms. The molecule has 98 valence electrons. The normalized spacial score (nSPS) is 16.4. The lowest BCUT2D eigenvalue weighted by atomic mass is 10.2. The first-order valence-corrected chi connectivity index (χ1v) is 6.86. The van der Waals surface area contributed by atoms with Crippen molar-refractivity contribution in [1.29, 1.82) is 0 Å². The summed E-state index contributed by atoms with van der Waals surface area (Å²) in [6, 6.07) is 1.20. The second-order valence-electron chi connectivity index (χ2n) is 4.81. The van der Waals surface area contributed by atoms with Crippen LogP contribution < -0.4 is 0 Å². The maximum absolute atomic E-state index is 12.4. The molecule has 1 N–H and O–H groups in total. The van der Waals surface area contributed by atoms with Gasteiger partial charge in [-0.15, -0.1) is 11.3 Å². The lowest BCUT2D eigenvalue weighted by Gasteiger charge is -2.25. The van der Waals surface area contributed by atoms with Crippen molar-refractivity contribution in [1.82, 2.24) is 4.90 Å². The zero-order chi connectivity index (χ0) is 13.4. The van der Waals surface area contributed by atoms with E-state index in [0.717, 1.165) is 23.3 Å². The van der Waals surface area contributed by atoms with Crippen molar-refractivity contribution in [3.05, 3.63) is 21.4 Å². The number of nitrogens with zero attached hydrogens (tertiary/aromatic N) is 1. The summed E-state index contributed by atoms with van der Waals surface area (Å²) >= 11 is 1.44. The van der Waals surface area contributed by atoms with E-state index in [1.807, 2.05) is 19.9 Å². The summed E-state index contributed by atoms with van der Waals surface area (Å²) in [5.41, 5.74) is 1.09. The number of carboxylic acids is 1. The van der Waals surface area contributed by atoms with E-state index in [0.29, 0.717) is 4.88 Å². The van der Waals surface area contributed by atoms with Gasteiger partial charge in [-0.3, -0.25) is 4.79 Å². The Balaban J connectivity index is 2.26. The maximum atomic E-state index is 12.4. The van der Waals surface area contributed by atoms with Gasteiger partial charge in [0.1, 0.15) is 6.04 Å². The third kappa shape index (κ3) is 2.41. The summed E-state index contributed by atoms with van der Waals surface area (Å²) in [5, 5.41) is 9.09. The van der Waals surface area contributed by atoms with Gasteiger partial charge < -0.3 is 10.0 Å². The van der Waals surface area contributed by atoms with E-state index in [4.69, 9.17) is 5.11 Å². The van der Waals surface area contributed by atoms with Gasteiger partial charge in [-0.2, -0.15) is 0 Å². The van der Waals surface area contributed by atoms with E-state index in [2.05, 4.69) is 0 Å². The van der Waals surface area contributed by atoms with Crippen LogP contribution in [0.15, 0.2) is 6.07 Å². The summed E-state index contributed by atoms with van der Waals surface area (Å²) in [7, 11) is 0. The Bertz CT molecular complexity index is 471. The van der Waals surface area contributed by atoms with Crippen molar-refractivity contribution >= 4 is 23.2 Å². The van der Waals surface area contributed by atoms with Gasteiger partial charge in [-0.25, -0.2) is 4.79 Å². The lowest BCUT2D eigenvalue weighted by molar-refractivity contribution is -0.141. The second kappa shape index (κ2) is 4.72. The topological polar surface area (TPSA) is 57.6 Å². The van der Waals surface area contributed by atoms with Crippen molar-refractivity contribution < 1.29 is 14.7 Å². The number of aliphatic carboxylic acids is 1. The molecule has 1 aliphatic carbocycles. The number of carboxylic acid groups (broad SMARTS) is 1. The van der Waals surface area contributed by atoms with Crippen molar-refractivity contribution in [2.45, 2.75) is 45.7 Å². The largest absolute Gasteiger partial charge is 0.480 e. The van der Waals surface area contributed by atoms with E-state index < -0.39 is 12.0 Å². The molecule has 1 heterocycles. The number of carbonyl (C=O) groups excluding carboxylic acids is 1. The number of thiophene rings is 1. The van der Waals surface area contributed by atoms with E-state index in [-0.39, 0.29) is 11.9 Å². The van der Waals surface area contributed by atoms with Gasteiger partial charge >= 0.3 is 5.97 Å². The predicted molar refractivity (Wildman–Crippen MR) is 70.1 cm³/mol. The highest BCUT2D eigenvalue weighted by atomic mass is 32.1. The number of hydrogen-bond donors (Lipinski definition) is 1. The molecule has 1 saturated carbocycles. The fourth-order valence-corrected chi connectivity index (χ4v) is 2.91. The second-order valence-corrected chi connectivity index (χ2v) is 6.06. The first kappa shape index (κ1) is 13.1. The Hall–Kier alpha value is -1.36. The highest BCUT2D eigenvalue weighted by Crippen LogP contribution is 2.32. The predicted octanol–water partition coefficient (Wildman–Crippen LogP) is 2.44. The molecule has 0 bridgehead atoms. The molecule has 0 aliphatic heterocycles. The number of aryl methyl sites for hydroxylation is 2. The maximum Gasteiger partial charge on any atom is 0.326 e. The monoisotopic (exact) mass is 267 g/mol. The molecule has 1 aliphatic rings. The lowest BCUT2D eigenvalue weighted by Crippen LogP contribution is -2.44. The molecule has 0 saturated heterocycles. The molecule has 1 unspecified atom stereocenters. The number of amides is 1. The van der Waals surface area contributed by atoms with Crippen LogP contribution in [-0.4, -0.2) is 34.0 Å². The van der Waals surface area contributed by atoms with Crippen LogP contribution in [-0.2, 0) is 4.79 Å². The molecule has 18 heavy (non-hydrogen) atoms. The van der Waals surface area contributed by atoms with Gasteiger partial charge in [-0.1, -0.05) is 0 Å². The Morgan fingerprint density at radius 1 is 1.44 bits per heavy atom. The zero-order valence-electron chi connectivity index (χ0n) is 10.8. The van der Waals surface area contributed by atoms with Gasteiger partial charge in [-0.05, 0) is 45.2 Å². The van der Waals surface area contributed by atoms with Crippen LogP contribution in [0.3, 0.4) is 0 Å². The van der Waals surface area contributed by atoms with Crippen LogP contribution in [0.25, 0.3) is 0 Å². The van der Waals surface area contributed by atoms with E-state index in [1.54, 1.807) is 6.92 Å². The minimum Gasteiger partial charge on any atom is -0.480 e. The number of hydrogen-bond acceptors (Lipinski definition) is 3. The third-order valence-corrected chi connectivity index (χ3v) is 4.47. The summed E-state index contributed by atoms with van der Waals surface area (Å²) in [5.74, 6) is -1.09. The SMILES string of the molecule is Cc1cc(C(=O)N(C2CC2)C(C)C(=O)O)sc1C. The van der Waals surface area contributed by atoms with E-state index in [9.17, 15) is 9.59 Å². The minimum atomic E-state index is -0.944. The fourth-order valence-electron chi connectivity index (χ4n) is 1.94. The van der Waals surface area contributed by atoms with Gasteiger partial charge in [0.15, 0.2) is 0 Å². The molecule has 1 amide bonds. The molecular weight excluding hydrogens is 250 g/mol. The van der Waals surface area contributed by atoms with Crippen molar-refractivity contribution in [2.75, 3.05) is 0 Å². The Labute approximate surface area is 110 Å². The van der Waals surface area contributed by atoms with Gasteiger partial charge in [0.05, 0.1) is 4.88 Å². The first-order valence-electron chi connectivity index (χ1n) is 6.04. The van der Waals surface area contributed by atoms with Crippen molar-refractivity contribution in [3.63, 3.8) is 0 Å². The fraction of sp³-hybridized carbons (Fsp3) is 0.538. The number of rotatable bonds is 4. The quantitative estimate of drug-likeness (QED) is 0.911. The van der Waals surface area contributed by atoms with Crippen molar-refractivity contribution in [2.24, 2.45) is 0 Å². The van der Waals surface area contributed by atoms with Crippen LogP contribution in [0.2, 0.25) is 0 Å². The van der Waals surface area contributed by atoms with Gasteiger partial charge in [0.2, 0.25) is 0 Å². The molecule has 1 atom stereocenters. The highest BCUT2D eigenvalue weighted by Gasteiger charge is 2.39. The Kier molecular flexibility index (Phi) is 3.43. The van der Waals surface area contributed by atoms with E-state index in [1.165, 1.54) is 16.2 Å². The molecular formula is C13H17NO3S. The highest BCUT2D eigenvalue weighted by molar-refractivity contribution is 7.14. The molecule has 4 nitrogen and oxygen atoms in total. The third-order valence-electron chi connectivity index (χ3n) is 3.33. The summed E-state index contributed by atoms with van der Waals surface area (Å²) < 4.78 is 0. The van der Waals surface area contributed by atoms with E-state index >= 15 is 0 Å². The summed E-state index contributed by atoms with van der Waals surface area (Å²) in [6.07, 6.45) is 1.82. The average molecular weight is 267 g/mol. The van der Waals surface area contributed by atoms with Crippen LogP contribution in [0.1, 0.15) is 39.9 Å². The van der Waals surface area contributed by atoms with Crippen LogP contribution in [0, 0.1) is 13.8 Å². The van der Waals surface area contributed by atoms with Crippen LogP contribution in [0.5, 0.6) is 0 Å². The van der Waals surface area contributed by atoms with Crippen LogP contribution >= 0.6 is 11.3 Å². The summed E-state index contributed by atoms with van der Waals surface area (Å²) in [4.78, 5) is 26.8.